The van der Waals surface area contributed by atoms with Crippen molar-refractivity contribution in [1.82, 2.24) is 30.5 Å². The van der Waals surface area contributed by atoms with Crippen LogP contribution in [0.3, 0.4) is 0 Å². The first kappa shape index (κ1) is 20.1. The second kappa shape index (κ2) is 9.50. The van der Waals surface area contributed by atoms with E-state index in [2.05, 4.69) is 25.8 Å². The molecule has 0 saturated carbocycles. The van der Waals surface area contributed by atoms with Crippen LogP contribution < -0.4 is 5.32 Å². The molecule has 3 rings (SSSR count). The van der Waals surface area contributed by atoms with E-state index < -0.39 is 6.04 Å². The summed E-state index contributed by atoms with van der Waals surface area (Å²) in [5.74, 6) is 0.0305. The van der Waals surface area contributed by atoms with E-state index >= 15 is 0 Å². The summed E-state index contributed by atoms with van der Waals surface area (Å²) in [5, 5.41) is 17.6. The highest BCUT2D eigenvalue weighted by molar-refractivity contribution is 7.09. The molecule has 1 atom stereocenters. The van der Waals surface area contributed by atoms with Crippen molar-refractivity contribution < 1.29 is 9.18 Å². The molecule has 0 radical (unpaired) electrons. The van der Waals surface area contributed by atoms with Crippen LogP contribution in [0.4, 0.5) is 4.39 Å². The van der Waals surface area contributed by atoms with Crippen molar-refractivity contribution in [1.29, 1.82) is 0 Å². The number of nitrogens with one attached hydrogen (secondary N) is 1. The maximum Gasteiger partial charge on any atom is 0.245 e. The Hall–Kier alpha value is -2.68. The first-order chi connectivity index (χ1) is 13.5. The summed E-state index contributed by atoms with van der Waals surface area (Å²) in [6, 6.07) is 5.60. The number of aryl methyl sites for hydroxylation is 3. The normalized spacial score (nSPS) is 12.1. The number of hydrogen-bond acceptors (Lipinski definition) is 6. The molecule has 1 aromatic carbocycles. The van der Waals surface area contributed by atoms with Gasteiger partial charge in [-0.05, 0) is 61.2 Å². The Morgan fingerprint density at radius 3 is 2.86 bits per heavy atom. The van der Waals surface area contributed by atoms with E-state index in [4.69, 9.17) is 0 Å². The molecule has 2 heterocycles. The van der Waals surface area contributed by atoms with Crippen molar-refractivity contribution >= 4 is 17.2 Å². The predicted octanol–water partition coefficient (Wildman–Crippen LogP) is 2.81. The topological polar surface area (TPSA) is 85.6 Å². The van der Waals surface area contributed by atoms with Crippen molar-refractivity contribution in [3.8, 4) is 0 Å². The molecule has 1 N–H and O–H groups in total. The number of rotatable bonds is 9. The number of aromatic nitrogens is 5. The number of unbranched alkanes of at least 4 members (excludes halogenated alkanes) is 1. The first-order valence-electron chi connectivity index (χ1n) is 9.20. The van der Waals surface area contributed by atoms with Crippen molar-refractivity contribution in [3.63, 3.8) is 0 Å². The summed E-state index contributed by atoms with van der Waals surface area (Å²) in [4.78, 5) is 17.2. The van der Waals surface area contributed by atoms with Crippen LogP contribution in [-0.4, -0.2) is 37.6 Å². The highest BCUT2D eigenvalue weighted by atomic mass is 32.1. The van der Waals surface area contributed by atoms with E-state index in [1.54, 1.807) is 30.4 Å². The van der Waals surface area contributed by atoms with Crippen molar-refractivity contribution in [2.45, 2.75) is 45.6 Å². The second-order valence-electron chi connectivity index (χ2n) is 6.65. The fourth-order valence-electron chi connectivity index (χ4n) is 2.95. The summed E-state index contributed by atoms with van der Waals surface area (Å²) >= 11 is 1.67. The lowest BCUT2D eigenvalue weighted by Crippen LogP contribution is -2.35. The molecular weight excluding hydrogens is 379 g/mol. The Kier molecular flexibility index (Phi) is 6.80. The van der Waals surface area contributed by atoms with E-state index in [1.165, 1.54) is 16.8 Å². The molecule has 0 aliphatic heterocycles. The molecule has 1 amide bonds. The van der Waals surface area contributed by atoms with Gasteiger partial charge in [0.1, 0.15) is 17.7 Å². The number of amides is 1. The van der Waals surface area contributed by atoms with Crippen LogP contribution in [0.25, 0.3) is 0 Å². The van der Waals surface area contributed by atoms with Gasteiger partial charge < -0.3 is 5.32 Å². The van der Waals surface area contributed by atoms with Gasteiger partial charge in [0.25, 0.3) is 0 Å². The predicted molar refractivity (Wildman–Crippen MR) is 104 cm³/mol. The maximum absolute atomic E-state index is 13.5. The molecule has 0 saturated heterocycles. The lowest BCUT2D eigenvalue weighted by atomic mass is 10.0. The van der Waals surface area contributed by atoms with Gasteiger partial charge in [-0.25, -0.2) is 14.1 Å². The SMILES string of the molecule is Cc1csc(CCCCNC(=O)C(Cc2cccc(F)c2)n2nnnc2C)n1. The highest BCUT2D eigenvalue weighted by Crippen LogP contribution is 2.16. The smallest absolute Gasteiger partial charge is 0.245 e. The van der Waals surface area contributed by atoms with Crippen LogP contribution in [0.1, 0.15) is 41.0 Å². The monoisotopic (exact) mass is 402 g/mol. The molecule has 148 valence electrons. The number of carbonyl (C=O) groups excluding carboxylic acids is 1. The van der Waals surface area contributed by atoms with Crippen LogP contribution in [0.5, 0.6) is 0 Å². The van der Waals surface area contributed by atoms with Crippen molar-refractivity contribution in [2.24, 2.45) is 0 Å². The lowest BCUT2D eigenvalue weighted by Gasteiger charge is -2.17. The van der Waals surface area contributed by atoms with Gasteiger partial charge in [0.15, 0.2) is 0 Å². The summed E-state index contributed by atoms with van der Waals surface area (Å²) in [7, 11) is 0. The molecular formula is C19H23FN6OS. The molecule has 0 spiro atoms. The van der Waals surface area contributed by atoms with E-state index in [0.29, 0.717) is 24.4 Å². The zero-order valence-corrected chi connectivity index (χ0v) is 16.7. The Balaban J connectivity index is 1.56. The van der Waals surface area contributed by atoms with E-state index in [-0.39, 0.29) is 11.7 Å². The zero-order chi connectivity index (χ0) is 19.9. The van der Waals surface area contributed by atoms with E-state index in [9.17, 15) is 9.18 Å². The molecule has 0 aliphatic carbocycles. The van der Waals surface area contributed by atoms with Crippen LogP contribution in [0.15, 0.2) is 29.6 Å². The first-order valence-corrected chi connectivity index (χ1v) is 10.1. The number of hydrogen-bond donors (Lipinski definition) is 1. The van der Waals surface area contributed by atoms with Gasteiger partial charge in [-0.1, -0.05) is 12.1 Å². The Labute approximate surface area is 167 Å². The summed E-state index contributed by atoms with van der Waals surface area (Å²) in [6.07, 6.45) is 3.03. The summed E-state index contributed by atoms with van der Waals surface area (Å²) in [5.41, 5.74) is 1.76. The number of tetrazole rings is 1. The van der Waals surface area contributed by atoms with Gasteiger partial charge in [0, 0.05) is 24.0 Å². The minimum absolute atomic E-state index is 0.176. The highest BCUT2D eigenvalue weighted by Gasteiger charge is 2.24. The number of benzene rings is 1. The van der Waals surface area contributed by atoms with E-state index in [1.807, 2.05) is 12.3 Å². The molecule has 9 heteroatoms. The quantitative estimate of drug-likeness (QED) is 0.556. The summed E-state index contributed by atoms with van der Waals surface area (Å²) < 4.78 is 15.0. The molecule has 1 unspecified atom stereocenters. The Morgan fingerprint density at radius 2 is 2.18 bits per heavy atom. The average Bonchev–Trinajstić information content (AvgIpc) is 3.27. The Morgan fingerprint density at radius 1 is 1.32 bits per heavy atom. The molecule has 3 aromatic rings. The zero-order valence-electron chi connectivity index (χ0n) is 15.9. The third kappa shape index (κ3) is 5.41. The fourth-order valence-corrected chi connectivity index (χ4v) is 3.77. The van der Waals surface area contributed by atoms with Crippen LogP contribution in [0, 0.1) is 19.7 Å². The average molecular weight is 402 g/mol. The van der Waals surface area contributed by atoms with Crippen LogP contribution in [0.2, 0.25) is 0 Å². The largest absolute Gasteiger partial charge is 0.354 e. The number of thiazole rings is 1. The van der Waals surface area contributed by atoms with Gasteiger partial charge >= 0.3 is 0 Å². The molecule has 2 aromatic heterocycles. The van der Waals surface area contributed by atoms with Gasteiger partial charge in [-0.2, -0.15) is 0 Å². The summed E-state index contributed by atoms with van der Waals surface area (Å²) in [6.45, 7) is 4.28. The standard InChI is InChI=1S/C19H23FN6OS/c1-13-12-28-18(22-13)8-3-4-9-21-19(27)17(26-14(2)23-24-25-26)11-15-6-5-7-16(20)10-15/h5-7,10,12,17H,3-4,8-9,11H2,1-2H3,(H,21,27). The third-order valence-electron chi connectivity index (χ3n) is 4.36. The van der Waals surface area contributed by atoms with Gasteiger partial charge in [-0.15, -0.1) is 16.4 Å². The second-order valence-corrected chi connectivity index (χ2v) is 7.59. The van der Waals surface area contributed by atoms with Crippen molar-refractivity contribution in [2.75, 3.05) is 6.54 Å². The Bertz CT molecular complexity index is 925. The molecule has 0 aliphatic rings. The fraction of sp³-hybridized carbons (Fsp3) is 0.421. The van der Waals surface area contributed by atoms with Crippen LogP contribution >= 0.6 is 11.3 Å². The molecule has 0 bridgehead atoms. The number of nitrogens with zero attached hydrogens (tertiary/aromatic N) is 5. The van der Waals surface area contributed by atoms with E-state index in [0.717, 1.165) is 30.0 Å². The number of carbonyl (C=O) groups is 1. The molecule has 0 fully saturated rings. The van der Waals surface area contributed by atoms with Gasteiger partial charge in [-0.3, -0.25) is 4.79 Å². The van der Waals surface area contributed by atoms with Gasteiger partial charge in [0.05, 0.1) is 5.01 Å². The lowest BCUT2D eigenvalue weighted by molar-refractivity contribution is -0.124. The minimum Gasteiger partial charge on any atom is -0.354 e. The van der Waals surface area contributed by atoms with Crippen molar-refractivity contribution in [3.05, 3.63) is 57.6 Å². The maximum atomic E-state index is 13.5. The number of halogens is 1. The minimum atomic E-state index is -0.626. The van der Waals surface area contributed by atoms with Crippen LogP contribution in [-0.2, 0) is 17.6 Å². The molecule has 28 heavy (non-hydrogen) atoms. The molecule has 7 nitrogen and oxygen atoms in total. The van der Waals surface area contributed by atoms with Gasteiger partial charge in [0.2, 0.25) is 5.91 Å². The third-order valence-corrected chi connectivity index (χ3v) is 5.38.